The maximum atomic E-state index is 6.45. The van der Waals surface area contributed by atoms with Crippen LogP contribution < -0.4 is 14.2 Å². The van der Waals surface area contributed by atoms with Crippen LogP contribution in [0.4, 0.5) is 0 Å². The van der Waals surface area contributed by atoms with Gasteiger partial charge in [-0.05, 0) is 38.4 Å². The normalized spacial score (nSPS) is 18.2. The highest BCUT2D eigenvalue weighted by molar-refractivity contribution is 6.33. The highest BCUT2D eigenvalue weighted by atomic mass is 35.5. The molecule has 2 aromatic carbocycles. The summed E-state index contributed by atoms with van der Waals surface area (Å²) in [4.78, 5) is 7.22. The van der Waals surface area contributed by atoms with Crippen LogP contribution in [-0.4, -0.2) is 30.3 Å². The van der Waals surface area contributed by atoms with Crippen molar-refractivity contribution in [1.82, 2.24) is 9.88 Å². The molecule has 0 spiro atoms. The molecule has 3 heterocycles. The maximum absolute atomic E-state index is 6.45. The number of aryl methyl sites for hydroxylation is 1. The first-order valence-corrected chi connectivity index (χ1v) is 10.4. The van der Waals surface area contributed by atoms with E-state index in [0.717, 1.165) is 36.6 Å². The van der Waals surface area contributed by atoms with Gasteiger partial charge in [-0.25, -0.2) is 4.98 Å². The summed E-state index contributed by atoms with van der Waals surface area (Å²) < 4.78 is 22.4. The van der Waals surface area contributed by atoms with E-state index >= 15 is 0 Å². The minimum Gasteiger partial charge on any atom is -0.496 e. The van der Waals surface area contributed by atoms with E-state index < -0.39 is 0 Å². The van der Waals surface area contributed by atoms with Crippen LogP contribution in [0.2, 0.25) is 5.02 Å². The first-order valence-electron chi connectivity index (χ1n) is 10.1. The van der Waals surface area contributed by atoms with Gasteiger partial charge in [-0.1, -0.05) is 29.8 Å². The Morgan fingerprint density at radius 1 is 1.20 bits per heavy atom. The van der Waals surface area contributed by atoms with Gasteiger partial charge in [0.1, 0.15) is 11.5 Å². The summed E-state index contributed by atoms with van der Waals surface area (Å²) in [7, 11) is 1.72. The molecule has 2 aliphatic heterocycles. The number of rotatable bonds is 5. The summed E-state index contributed by atoms with van der Waals surface area (Å²) in [5, 5.41) is 0.528. The Hall–Kier alpha value is -2.70. The third kappa shape index (κ3) is 3.40. The molecule has 5 rings (SSSR count). The van der Waals surface area contributed by atoms with E-state index in [1.165, 1.54) is 5.56 Å². The minimum atomic E-state index is 0.199. The Labute approximate surface area is 180 Å². The number of halogens is 1. The molecule has 30 heavy (non-hydrogen) atoms. The number of nitrogens with zero attached hydrogens (tertiary/aromatic N) is 2. The zero-order chi connectivity index (χ0) is 20.7. The van der Waals surface area contributed by atoms with Crippen molar-refractivity contribution in [2.45, 2.75) is 32.4 Å². The quantitative estimate of drug-likeness (QED) is 0.546. The number of ether oxygens (including phenoxy) is 3. The van der Waals surface area contributed by atoms with E-state index in [0.29, 0.717) is 40.6 Å². The summed E-state index contributed by atoms with van der Waals surface area (Å²) >= 11 is 6.45. The number of methoxy groups -OCH3 is 1. The molecule has 156 valence electrons. The number of aromatic nitrogens is 1. The van der Waals surface area contributed by atoms with Gasteiger partial charge < -0.3 is 18.6 Å². The van der Waals surface area contributed by atoms with Crippen LogP contribution in [0.25, 0.3) is 11.5 Å². The van der Waals surface area contributed by atoms with Crippen LogP contribution in [0.5, 0.6) is 17.2 Å². The first-order chi connectivity index (χ1) is 14.6. The molecule has 6 nitrogen and oxygen atoms in total. The first kappa shape index (κ1) is 19.3. The molecule has 1 saturated heterocycles. The van der Waals surface area contributed by atoms with Gasteiger partial charge in [-0.15, -0.1) is 0 Å². The highest BCUT2D eigenvalue weighted by Crippen LogP contribution is 2.42. The van der Waals surface area contributed by atoms with Gasteiger partial charge in [0.25, 0.3) is 0 Å². The summed E-state index contributed by atoms with van der Waals surface area (Å²) in [6.07, 6.45) is 2.23. The predicted octanol–water partition coefficient (Wildman–Crippen LogP) is 5.38. The number of oxazole rings is 1. The molecule has 3 aromatic rings. The Morgan fingerprint density at radius 3 is 2.83 bits per heavy atom. The van der Waals surface area contributed by atoms with E-state index in [4.69, 9.17) is 35.2 Å². The largest absolute Gasteiger partial charge is 0.496 e. The summed E-state index contributed by atoms with van der Waals surface area (Å²) in [5.74, 6) is 3.52. The van der Waals surface area contributed by atoms with E-state index in [9.17, 15) is 0 Å². The van der Waals surface area contributed by atoms with Crippen LogP contribution in [0.1, 0.15) is 35.9 Å². The van der Waals surface area contributed by atoms with Gasteiger partial charge in [0, 0.05) is 24.2 Å². The Bertz CT molecular complexity index is 1080. The molecule has 0 radical (unpaired) electrons. The summed E-state index contributed by atoms with van der Waals surface area (Å²) in [5.41, 5.74) is 2.84. The van der Waals surface area contributed by atoms with Crippen LogP contribution in [0.15, 0.2) is 40.8 Å². The molecule has 0 saturated carbocycles. The minimum absolute atomic E-state index is 0.199. The number of para-hydroxylation sites is 1. The van der Waals surface area contributed by atoms with Crippen LogP contribution in [-0.2, 0) is 6.54 Å². The SMILES string of the molecule is COc1ccccc1[C@H]1CCCN1Cc1nc(-c2cc3c(cc2Cl)OCO3)oc1C. The van der Waals surface area contributed by atoms with Crippen molar-refractivity contribution in [2.75, 3.05) is 20.4 Å². The van der Waals surface area contributed by atoms with Gasteiger partial charge in [0.05, 0.1) is 23.4 Å². The molecular weight excluding hydrogens is 404 g/mol. The molecule has 1 aromatic heterocycles. The van der Waals surface area contributed by atoms with E-state index in [1.54, 1.807) is 13.2 Å². The molecule has 2 aliphatic rings. The van der Waals surface area contributed by atoms with Crippen LogP contribution in [0, 0.1) is 6.92 Å². The molecule has 0 unspecified atom stereocenters. The Balaban J connectivity index is 1.42. The zero-order valence-electron chi connectivity index (χ0n) is 17.0. The van der Waals surface area contributed by atoms with Crippen molar-refractivity contribution in [3.8, 4) is 28.7 Å². The van der Waals surface area contributed by atoms with Gasteiger partial charge >= 0.3 is 0 Å². The van der Waals surface area contributed by atoms with Gasteiger partial charge in [0.15, 0.2) is 11.5 Å². The molecular formula is C23H23ClN2O4. The zero-order valence-corrected chi connectivity index (χ0v) is 17.7. The topological polar surface area (TPSA) is 57.0 Å². The summed E-state index contributed by atoms with van der Waals surface area (Å²) in [6.45, 7) is 3.86. The van der Waals surface area contributed by atoms with Gasteiger partial charge in [-0.2, -0.15) is 0 Å². The number of hydrogen-bond acceptors (Lipinski definition) is 6. The van der Waals surface area contributed by atoms with Crippen LogP contribution >= 0.6 is 11.6 Å². The predicted molar refractivity (Wildman–Crippen MR) is 113 cm³/mol. The second-order valence-corrected chi connectivity index (χ2v) is 7.98. The average Bonchev–Trinajstić information content (AvgIpc) is 3.48. The van der Waals surface area contributed by atoms with E-state index in [-0.39, 0.29) is 6.79 Å². The van der Waals surface area contributed by atoms with Crippen molar-refractivity contribution >= 4 is 11.6 Å². The van der Waals surface area contributed by atoms with Crippen molar-refractivity contribution in [1.29, 1.82) is 0 Å². The third-order valence-electron chi connectivity index (χ3n) is 5.80. The molecule has 1 atom stereocenters. The Kier molecular flexibility index (Phi) is 5.05. The molecule has 0 amide bonds. The lowest BCUT2D eigenvalue weighted by atomic mass is 10.0. The van der Waals surface area contributed by atoms with Crippen molar-refractivity contribution in [3.63, 3.8) is 0 Å². The number of fused-ring (bicyclic) bond motifs is 1. The standard InChI is InChI=1S/C23H23ClN2O4/c1-14-18(12-26-9-5-7-19(26)15-6-3-4-8-20(15)27-2)25-23(30-14)16-10-21-22(11-17(16)24)29-13-28-21/h3-4,6,8,10-11,19H,5,7,9,12-13H2,1-2H3/t19-/m1/s1. The van der Waals surface area contributed by atoms with Gasteiger partial charge in [0.2, 0.25) is 12.7 Å². The van der Waals surface area contributed by atoms with Crippen molar-refractivity contribution in [2.24, 2.45) is 0 Å². The number of likely N-dealkylation sites (tertiary alicyclic amines) is 1. The monoisotopic (exact) mass is 426 g/mol. The second-order valence-electron chi connectivity index (χ2n) is 7.58. The highest BCUT2D eigenvalue weighted by Gasteiger charge is 2.30. The van der Waals surface area contributed by atoms with Crippen molar-refractivity contribution in [3.05, 3.63) is 58.4 Å². The second kappa shape index (κ2) is 7.85. The lowest BCUT2D eigenvalue weighted by Crippen LogP contribution is -2.23. The van der Waals surface area contributed by atoms with E-state index in [1.807, 2.05) is 25.1 Å². The molecule has 1 fully saturated rings. The third-order valence-corrected chi connectivity index (χ3v) is 6.11. The fourth-order valence-corrected chi connectivity index (χ4v) is 4.51. The van der Waals surface area contributed by atoms with Gasteiger partial charge in [-0.3, -0.25) is 4.90 Å². The molecule has 0 bridgehead atoms. The lowest BCUT2D eigenvalue weighted by Gasteiger charge is -2.25. The fraction of sp³-hybridized carbons (Fsp3) is 0.348. The molecule has 7 heteroatoms. The number of hydrogen-bond donors (Lipinski definition) is 0. The fourth-order valence-electron chi connectivity index (χ4n) is 4.27. The Morgan fingerprint density at radius 2 is 2.00 bits per heavy atom. The van der Waals surface area contributed by atoms with Crippen molar-refractivity contribution < 1.29 is 18.6 Å². The average molecular weight is 427 g/mol. The smallest absolute Gasteiger partial charge is 0.231 e. The summed E-state index contributed by atoms with van der Waals surface area (Å²) in [6, 6.07) is 12.1. The maximum Gasteiger partial charge on any atom is 0.231 e. The molecule has 0 aliphatic carbocycles. The number of benzene rings is 2. The van der Waals surface area contributed by atoms with Crippen LogP contribution in [0.3, 0.4) is 0 Å². The molecule has 0 N–H and O–H groups in total. The van der Waals surface area contributed by atoms with E-state index in [2.05, 4.69) is 17.0 Å². The lowest BCUT2D eigenvalue weighted by molar-refractivity contribution is 0.174.